The number of hydrogen-bond donors (Lipinski definition) is 2. The van der Waals surface area contributed by atoms with Crippen molar-refractivity contribution in [2.75, 3.05) is 17.0 Å². The Kier molecular flexibility index (Phi) is 5.05. The molecule has 1 atom stereocenters. The van der Waals surface area contributed by atoms with Crippen LogP contribution in [0.15, 0.2) is 24.3 Å². The van der Waals surface area contributed by atoms with Crippen LogP contribution in [0, 0.1) is 5.92 Å². The summed E-state index contributed by atoms with van der Waals surface area (Å²) in [7, 11) is -3.18. The van der Waals surface area contributed by atoms with E-state index in [4.69, 9.17) is 0 Å². The van der Waals surface area contributed by atoms with Crippen LogP contribution < -0.4 is 10.0 Å². The van der Waals surface area contributed by atoms with E-state index in [1.807, 2.05) is 24.3 Å². The Bertz CT molecular complexity index is 521. The molecular formula is C15H24N2O2S. The van der Waals surface area contributed by atoms with E-state index in [9.17, 15) is 8.42 Å². The molecule has 0 bridgehead atoms. The van der Waals surface area contributed by atoms with Gasteiger partial charge in [-0.1, -0.05) is 19.1 Å². The van der Waals surface area contributed by atoms with Gasteiger partial charge < -0.3 is 5.32 Å². The Morgan fingerprint density at radius 3 is 2.45 bits per heavy atom. The molecule has 2 N–H and O–H groups in total. The third kappa shape index (κ3) is 4.80. The van der Waals surface area contributed by atoms with Gasteiger partial charge in [-0.2, -0.15) is 0 Å². The van der Waals surface area contributed by atoms with Crippen LogP contribution >= 0.6 is 0 Å². The first kappa shape index (κ1) is 15.3. The van der Waals surface area contributed by atoms with Gasteiger partial charge in [0.1, 0.15) is 0 Å². The van der Waals surface area contributed by atoms with E-state index in [2.05, 4.69) is 23.9 Å². The molecule has 1 fully saturated rings. The van der Waals surface area contributed by atoms with Gasteiger partial charge in [0.2, 0.25) is 10.0 Å². The molecule has 1 aliphatic carbocycles. The number of anilines is 1. The smallest absolute Gasteiger partial charge is 0.232 e. The fraction of sp³-hybridized carbons (Fsp3) is 0.600. The van der Waals surface area contributed by atoms with Gasteiger partial charge in [-0.05, 0) is 56.3 Å². The SMILES string of the molecule is CCCNC(C)c1ccc(NS(=O)(=O)CC2CC2)cc1. The summed E-state index contributed by atoms with van der Waals surface area (Å²) in [6.45, 7) is 5.23. The normalized spacial score (nSPS) is 16.9. The van der Waals surface area contributed by atoms with E-state index < -0.39 is 10.0 Å². The highest BCUT2D eigenvalue weighted by Gasteiger charge is 2.27. The van der Waals surface area contributed by atoms with E-state index in [0.717, 1.165) is 25.8 Å². The van der Waals surface area contributed by atoms with Crippen LogP contribution in [0.3, 0.4) is 0 Å². The summed E-state index contributed by atoms with van der Waals surface area (Å²) in [5.74, 6) is 0.619. The van der Waals surface area contributed by atoms with Gasteiger partial charge in [0.25, 0.3) is 0 Å². The highest BCUT2D eigenvalue weighted by molar-refractivity contribution is 7.92. The third-order valence-electron chi connectivity index (χ3n) is 3.54. The summed E-state index contributed by atoms with van der Waals surface area (Å²) < 4.78 is 26.4. The lowest BCUT2D eigenvalue weighted by Gasteiger charge is -2.14. The monoisotopic (exact) mass is 296 g/mol. The summed E-state index contributed by atoms with van der Waals surface area (Å²) in [6, 6.07) is 7.91. The van der Waals surface area contributed by atoms with Crippen LogP contribution in [0.25, 0.3) is 0 Å². The molecule has 0 amide bonds. The van der Waals surface area contributed by atoms with Crippen LogP contribution in [0.2, 0.25) is 0 Å². The highest BCUT2D eigenvalue weighted by atomic mass is 32.2. The van der Waals surface area contributed by atoms with Gasteiger partial charge in [-0.25, -0.2) is 8.42 Å². The maximum atomic E-state index is 11.9. The van der Waals surface area contributed by atoms with E-state index in [-0.39, 0.29) is 11.8 Å². The summed E-state index contributed by atoms with van der Waals surface area (Å²) in [5.41, 5.74) is 1.82. The Balaban J connectivity index is 1.93. The lowest BCUT2D eigenvalue weighted by Crippen LogP contribution is -2.20. The molecule has 1 aliphatic rings. The number of sulfonamides is 1. The van der Waals surface area contributed by atoms with E-state index >= 15 is 0 Å². The first-order chi connectivity index (χ1) is 9.50. The predicted octanol–water partition coefficient (Wildman–Crippen LogP) is 2.90. The van der Waals surface area contributed by atoms with Gasteiger partial charge in [0, 0.05) is 11.7 Å². The fourth-order valence-corrected chi connectivity index (χ4v) is 3.67. The Morgan fingerprint density at radius 2 is 1.90 bits per heavy atom. The molecule has 1 saturated carbocycles. The van der Waals surface area contributed by atoms with Gasteiger partial charge in [-0.3, -0.25) is 4.72 Å². The van der Waals surface area contributed by atoms with Crippen molar-refractivity contribution in [3.63, 3.8) is 0 Å². The lowest BCUT2D eigenvalue weighted by molar-refractivity contribution is 0.571. The Hall–Kier alpha value is -1.07. The van der Waals surface area contributed by atoms with Crippen molar-refractivity contribution >= 4 is 15.7 Å². The van der Waals surface area contributed by atoms with Crippen LogP contribution in [-0.2, 0) is 10.0 Å². The quantitative estimate of drug-likeness (QED) is 0.775. The van der Waals surface area contributed by atoms with Crippen molar-refractivity contribution in [2.24, 2.45) is 5.92 Å². The molecule has 112 valence electrons. The molecule has 0 spiro atoms. The minimum absolute atomic E-state index is 0.253. The third-order valence-corrected chi connectivity index (χ3v) is 4.99. The standard InChI is InChI=1S/C15H24N2O2S/c1-3-10-16-12(2)14-6-8-15(9-7-14)17-20(18,19)11-13-4-5-13/h6-9,12-13,16-17H,3-5,10-11H2,1-2H3. The first-order valence-electron chi connectivity index (χ1n) is 7.34. The Morgan fingerprint density at radius 1 is 1.25 bits per heavy atom. The molecule has 1 unspecified atom stereocenters. The first-order valence-corrected chi connectivity index (χ1v) is 8.99. The maximum Gasteiger partial charge on any atom is 0.232 e. The zero-order valence-electron chi connectivity index (χ0n) is 12.2. The maximum absolute atomic E-state index is 11.9. The lowest BCUT2D eigenvalue weighted by atomic mass is 10.1. The summed E-state index contributed by atoms with van der Waals surface area (Å²) in [5, 5.41) is 3.41. The van der Waals surface area contributed by atoms with Gasteiger partial charge in [-0.15, -0.1) is 0 Å². The molecule has 0 saturated heterocycles. The molecule has 20 heavy (non-hydrogen) atoms. The van der Waals surface area contributed by atoms with Crippen LogP contribution in [0.4, 0.5) is 5.69 Å². The molecular weight excluding hydrogens is 272 g/mol. The predicted molar refractivity (Wildman–Crippen MR) is 83.3 cm³/mol. The number of rotatable bonds is 8. The molecule has 1 aromatic rings. The summed E-state index contributed by atoms with van der Waals surface area (Å²) in [4.78, 5) is 0. The average Bonchev–Trinajstić information content (AvgIpc) is 3.19. The minimum atomic E-state index is -3.18. The van der Waals surface area contributed by atoms with Crippen molar-refractivity contribution in [2.45, 2.75) is 39.2 Å². The van der Waals surface area contributed by atoms with Crippen molar-refractivity contribution < 1.29 is 8.42 Å². The Labute approximate surface area is 122 Å². The largest absolute Gasteiger partial charge is 0.310 e. The molecule has 0 aromatic heterocycles. The van der Waals surface area contributed by atoms with Gasteiger partial charge >= 0.3 is 0 Å². The molecule has 4 nitrogen and oxygen atoms in total. The molecule has 1 aromatic carbocycles. The van der Waals surface area contributed by atoms with Crippen LogP contribution in [0.5, 0.6) is 0 Å². The zero-order valence-corrected chi connectivity index (χ0v) is 13.0. The molecule has 2 rings (SSSR count). The van der Waals surface area contributed by atoms with Crippen LogP contribution in [0.1, 0.15) is 44.7 Å². The molecule has 5 heteroatoms. The van der Waals surface area contributed by atoms with Crippen molar-refractivity contribution in [1.29, 1.82) is 0 Å². The second kappa shape index (κ2) is 6.59. The van der Waals surface area contributed by atoms with Crippen molar-refractivity contribution in [3.8, 4) is 0 Å². The zero-order chi connectivity index (χ0) is 14.6. The van der Waals surface area contributed by atoms with E-state index in [1.54, 1.807) is 0 Å². The topological polar surface area (TPSA) is 58.2 Å². The molecule has 0 radical (unpaired) electrons. The van der Waals surface area contributed by atoms with Gasteiger partial charge in [0.05, 0.1) is 5.75 Å². The highest BCUT2D eigenvalue weighted by Crippen LogP contribution is 2.30. The fourth-order valence-electron chi connectivity index (χ4n) is 2.13. The summed E-state index contributed by atoms with van der Waals surface area (Å²) in [6.07, 6.45) is 3.18. The average molecular weight is 296 g/mol. The van der Waals surface area contributed by atoms with E-state index in [1.165, 1.54) is 5.56 Å². The molecule has 0 aliphatic heterocycles. The number of hydrogen-bond acceptors (Lipinski definition) is 3. The van der Waals surface area contributed by atoms with Crippen molar-refractivity contribution in [3.05, 3.63) is 29.8 Å². The second-order valence-corrected chi connectivity index (χ2v) is 7.39. The number of nitrogens with one attached hydrogen (secondary N) is 2. The summed E-state index contributed by atoms with van der Waals surface area (Å²) >= 11 is 0. The van der Waals surface area contributed by atoms with Crippen LogP contribution in [-0.4, -0.2) is 20.7 Å². The minimum Gasteiger partial charge on any atom is -0.310 e. The second-order valence-electron chi connectivity index (χ2n) is 5.62. The van der Waals surface area contributed by atoms with Crippen molar-refractivity contribution in [1.82, 2.24) is 5.32 Å². The van der Waals surface area contributed by atoms with Gasteiger partial charge in [0.15, 0.2) is 0 Å². The number of benzene rings is 1. The van der Waals surface area contributed by atoms with E-state index in [0.29, 0.717) is 11.6 Å². The molecule has 0 heterocycles.